The normalized spacial score (nSPS) is 12.4. The minimum absolute atomic E-state index is 0.295. The van der Waals surface area contributed by atoms with E-state index < -0.39 is 12.0 Å². The third-order valence-corrected chi connectivity index (χ3v) is 4.61. The number of hydrogen-bond acceptors (Lipinski definition) is 5. The summed E-state index contributed by atoms with van der Waals surface area (Å²) in [5.74, 6) is 5.62. The molecule has 30 heavy (non-hydrogen) atoms. The molecule has 1 aliphatic carbocycles. The van der Waals surface area contributed by atoms with Gasteiger partial charge in [0.1, 0.15) is 11.8 Å². The first-order valence-electron chi connectivity index (χ1n) is 9.46. The number of aryl methyl sites for hydroxylation is 1. The number of hydrogen-bond donors (Lipinski definition) is 2. The van der Waals surface area contributed by atoms with Crippen LogP contribution in [0.4, 0.5) is 0 Å². The minimum atomic E-state index is -0.830. The molecule has 2 aromatic rings. The lowest BCUT2D eigenvalue weighted by atomic mass is 10.1. The van der Waals surface area contributed by atoms with Gasteiger partial charge >= 0.3 is 0 Å². The second kappa shape index (κ2) is 10.8. The number of nitrogens with zero attached hydrogens (tertiary/aromatic N) is 3. The minimum Gasteiger partial charge on any atom is -0.380 e. The average Bonchev–Trinajstić information content (AvgIpc) is 3.25. The zero-order chi connectivity index (χ0) is 22.1. The lowest BCUT2D eigenvalue weighted by molar-refractivity contribution is -0.117. The lowest BCUT2D eigenvalue weighted by Gasteiger charge is -2.10. The fraction of sp³-hybridized carbons (Fsp3) is 0.304. The summed E-state index contributed by atoms with van der Waals surface area (Å²) in [4.78, 5) is 32.8. The van der Waals surface area contributed by atoms with Gasteiger partial charge in [0.2, 0.25) is 6.41 Å². The van der Waals surface area contributed by atoms with Crippen LogP contribution in [0.5, 0.6) is 0 Å². The Bertz CT molecular complexity index is 1000. The highest BCUT2D eigenvalue weighted by atomic mass is 16.3. The number of aromatic nitrogens is 2. The van der Waals surface area contributed by atoms with Crippen LogP contribution in [0.25, 0.3) is 11.4 Å². The van der Waals surface area contributed by atoms with E-state index >= 15 is 0 Å². The van der Waals surface area contributed by atoms with E-state index in [2.05, 4.69) is 34.7 Å². The molecule has 1 atom stereocenters. The highest BCUT2D eigenvalue weighted by molar-refractivity contribution is 5.93. The molecule has 0 saturated heterocycles. The maximum Gasteiger partial charge on any atom is 0.267 e. The molecule has 3 N–H and O–H groups in total. The van der Waals surface area contributed by atoms with Crippen molar-refractivity contribution in [3.05, 3.63) is 46.8 Å². The van der Waals surface area contributed by atoms with Crippen LogP contribution in [0.1, 0.15) is 40.2 Å². The molecule has 2 amide bonds. The van der Waals surface area contributed by atoms with Crippen molar-refractivity contribution in [1.29, 1.82) is 0 Å². The highest BCUT2D eigenvalue weighted by Gasteiger charge is 2.22. The molecule has 1 heterocycles. The van der Waals surface area contributed by atoms with Crippen molar-refractivity contribution in [2.45, 2.75) is 31.8 Å². The largest absolute Gasteiger partial charge is 0.380 e. The van der Waals surface area contributed by atoms with E-state index in [4.69, 9.17) is 5.73 Å². The van der Waals surface area contributed by atoms with Crippen molar-refractivity contribution in [3.63, 3.8) is 0 Å². The van der Waals surface area contributed by atoms with Crippen molar-refractivity contribution < 1.29 is 14.7 Å². The van der Waals surface area contributed by atoms with Gasteiger partial charge in [-0.15, -0.1) is 12.8 Å². The van der Waals surface area contributed by atoms with E-state index in [1.807, 2.05) is 24.3 Å². The van der Waals surface area contributed by atoms with Crippen LogP contribution in [0.15, 0.2) is 24.3 Å². The molecule has 1 aromatic carbocycles. The molecule has 154 valence electrons. The van der Waals surface area contributed by atoms with Crippen molar-refractivity contribution >= 4 is 12.3 Å². The van der Waals surface area contributed by atoms with Crippen LogP contribution in [0.2, 0.25) is 0 Å². The summed E-state index contributed by atoms with van der Waals surface area (Å²) in [6, 6.07) is 7.32. The summed E-state index contributed by atoms with van der Waals surface area (Å²) in [6.45, 7) is 0.429. The SMILES string of the molecule is C#C.CN(C=O)CC[C@@H](O)C#Cc1cccc(-c2nc3c(c(C(N)=O)n2)CCC3)c1. The van der Waals surface area contributed by atoms with Gasteiger partial charge in [-0.25, -0.2) is 9.97 Å². The number of carbonyl (C=O) groups is 2. The number of terminal acetylenes is 1. The lowest BCUT2D eigenvalue weighted by Crippen LogP contribution is -2.21. The fourth-order valence-electron chi connectivity index (χ4n) is 3.12. The Morgan fingerprint density at radius 3 is 2.83 bits per heavy atom. The second-order valence-corrected chi connectivity index (χ2v) is 6.78. The van der Waals surface area contributed by atoms with Gasteiger partial charge in [-0.2, -0.15) is 0 Å². The first-order valence-corrected chi connectivity index (χ1v) is 9.46. The van der Waals surface area contributed by atoms with E-state index in [0.717, 1.165) is 36.1 Å². The third-order valence-electron chi connectivity index (χ3n) is 4.61. The van der Waals surface area contributed by atoms with Crippen molar-refractivity contribution in [3.8, 4) is 36.1 Å². The number of rotatable bonds is 6. The molecule has 7 nitrogen and oxygen atoms in total. The van der Waals surface area contributed by atoms with Crippen LogP contribution in [-0.4, -0.2) is 52.0 Å². The summed E-state index contributed by atoms with van der Waals surface area (Å²) in [6.07, 6.45) is 10.8. The monoisotopic (exact) mass is 404 g/mol. The number of fused-ring (bicyclic) bond motifs is 1. The molecule has 1 aromatic heterocycles. The van der Waals surface area contributed by atoms with E-state index in [1.54, 1.807) is 7.05 Å². The van der Waals surface area contributed by atoms with Gasteiger partial charge < -0.3 is 15.7 Å². The Labute approximate surface area is 176 Å². The van der Waals surface area contributed by atoms with E-state index in [1.165, 1.54) is 4.90 Å². The molecule has 7 heteroatoms. The molecular weight excluding hydrogens is 380 g/mol. The molecule has 3 rings (SSSR count). The Balaban J connectivity index is 0.00000155. The molecule has 0 aliphatic heterocycles. The molecule has 1 aliphatic rings. The van der Waals surface area contributed by atoms with Gasteiger partial charge in [-0.1, -0.05) is 24.0 Å². The number of amides is 2. The van der Waals surface area contributed by atoms with Gasteiger partial charge in [0.15, 0.2) is 5.82 Å². The van der Waals surface area contributed by atoms with Crippen molar-refractivity contribution in [1.82, 2.24) is 14.9 Å². The fourth-order valence-corrected chi connectivity index (χ4v) is 3.12. The predicted octanol–water partition coefficient (Wildman–Crippen LogP) is 1.17. The smallest absolute Gasteiger partial charge is 0.267 e. The Kier molecular flexibility index (Phi) is 8.10. The van der Waals surface area contributed by atoms with Crippen LogP contribution in [0, 0.1) is 24.7 Å². The molecule has 0 unspecified atom stereocenters. The molecule has 0 fully saturated rings. The first kappa shape index (κ1) is 22.6. The predicted molar refractivity (Wildman–Crippen MR) is 114 cm³/mol. The van der Waals surface area contributed by atoms with Gasteiger partial charge in [0.05, 0.1) is 0 Å². The topological polar surface area (TPSA) is 109 Å². The second-order valence-electron chi connectivity index (χ2n) is 6.78. The number of carbonyl (C=O) groups excluding carboxylic acids is 2. The summed E-state index contributed by atoms with van der Waals surface area (Å²) in [5, 5.41) is 9.95. The number of aliphatic hydroxyl groups is 1. The maximum absolute atomic E-state index is 11.8. The highest BCUT2D eigenvalue weighted by Crippen LogP contribution is 2.26. The van der Waals surface area contributed by atoms with Crippen molar-refractivity contribution in [2.24, 2.45) is 5.73 Å². The van der Waals surface area contributed by atoms with Gasteiger partial charge in [-0.3, -0.25) is 9.59 Å². The van der Waals surface area contributed by atoms with Crippen molar-refractivity contribution in [2.75, 3.05) is 13.6 Å². The summed E-state index contributed by atoms with van der Waals surface area (Å²) in [7, 11) is 1.65. The Hall–Kier alpha value is -3.68. The van der Waals surface area contributed by atoms with Crippen LogP contribution in [0.3, 0.4) is 0 Å². The van der Waals surface area contributed by atoms with Gasteiger partial charge in [-0.05, 0) is 31.4 Å². The number of nitrogens with two attached hydrogens (primary N) is 1. The molecule has 0 saturated carbocycles. The zero-order valence-corrected chi connectivity index (χ0v) is 16.8. The van der Waals surface area contributed by atoms with Crippen LogP contribution >= 0.6 is 0 Å². The summed E-state index contributed by atoms with van der Waals surface area (Å²) >= 11 is 0. The zero-order valence-electron chi connectivity index (χ0n) is 16.8. The van der Waals surface area contributed by atoms with E-state index in [0.29, 0.717) is 36.5 Å². The average molecular weight is 404 g/mol. The standard InChI is InChI=1S/C21H22N4O3.C2H2/c1-25(13-26)11-10-16(27)9-8-14-4-2-5-15(12-14)21-23-18-7-3-6-17(18)19(24-21)20(22)28;1-2/h2,4-5,12-13,16,27H,3,6-7,10-11H2,1H3,(H2,22,28);1-2H/t16-;/m0./s1. The quantitative estimate of drug-likeness (QED) is 0.555. The molecule has 0 radical (unpaired) electrons. The van der Waals surface area contributed by atoms with Gasteiger partial charge in [0.25, 0.3) is 5.91 Å². The Morgan fingerprint density at radius 2 is 2.13 bits per heavy atom. The summed E-state index contributed by atoms with van der Waals surface area (Å²) in [5.41, 5.74) is 8.97. The van der Waals surface area contributed by atoms with Crippen LogP contribution < -0.4 is 5.73 Å². The maximum atomic E-state index is 11.8. The Morgan fingerprint density at radius 1 is 1.37 bits per heavy atom. The molecular formula is C23H24N4O3. The number of benzene rings is 1. The molecule has 0 bridgehead atoms. The third kappa shape index (κ3) is 5.66. The number of aliphatic hydroxyl groups excluding tert-OH is 1. The van der Waals surface area contributed by atoms with E-state index in [9.17, 15) is 14.7 Å². The van der Waals surface area contributed by atoms with Crippen LogP contribution in [-0.2, 0) is 17.6 Å². The molecule has 0 spiro atoms. The number of primary amides is 1. The van der Waals surface area contributed by atoms with E-state index in [-0.39, 0.29) is 0 Å². The first-order chi connectivity index (χ1) is 14.5. The summed E-state index contributed by atoms with van der Waals surface area (Å²) < 4.78 is 0. The van der Waals surface area contributed by atoms with Gasteiger partial charge in [0, 0.05) is 42.4 Å².